The van der Waals surface area contributed by atoms with E-state index in [0.29, 0.717) is 17.1 Å². The topological polar surface area (TPSA) is 47.6 Å². The SMILES string of the molecule is C#CCOc1ccc(C(=O)NC2(Cc3ccccc3)CCCCC2)cc1OC. The number of carbonyl (C=O) groups excluding carboxylic acids is 1. The maximum atomic E-state index is 13.1. The van der Waals surface area contributed by atoms with Crippen LogP contribution in [0, 0.1) is 12.3 Å². The number of amides is 1. The Balaban J connectivity index is 1.79. The summed E-state index contributed by atoms with van der Waals surface area (Å²) in [5.74, 6) is 3.39. The van der Waals surface area contributed by atoms with E-state index in [9.17, 15) is 4.79 Å². The number of carbonyl (C=O) groups is 1. The summed E-state index contributed by atoms with van der Waals surface area (Å²) in [6, 6.07) is 15.6. The maximum Gasteiger partial charge on any atom is 0.251 e. The molecule has 1 aliphatic rings. The highest BCUT2D eigenvalue weighted by atomic mass is 16.5. The predicted molar refractivity (Wildman–Crippen MR) is 111 cm³/mol. The molecule has 0 heterocycles. The van der Waals surface area contributed by atoms with Crippen LogP contribution in [0.15, 0.2) is 48.5 Å². The second-order valence-electron chi connectivity index (χ2n) is 7.32. The van der Waals surface area contributed by atoms with Gasteiger partial charge in [-0.1, -0.05) is 55.5 Å². The van der Waals surface area contributed by atoms with Gasteiger partial charge in [0.05, 0.1) is 7.11 Å². The van der Waals surface area contributed by atoms with Crippen molar-refractivity contribution in [2.75, 3.05) is 13.7 Å². The van der Waals surface area contributed by atoms with Crippen molar-refractivity contribution >= 4 is 5.91 Å². The van der Waals surface area contributed by atoms with Crippen molar-refractivity contribution in [1.82, 2.24) is 5.32 Å². The minimum Gasteiger partial charge on any atom is -0.493 e. The van der Waals surface area contributed by atoms with Gasteiger partial charge in [0, 0.05) is 11.1 Å². The Hall–Kier alpha value is -2.93. The third kappa shape index (κ3) is 4.86. The summed E-state index contributed by atoms with van der Waals surface area (Å²) in [5, 5.41) is 3.34. The van der Waals surface area contributed by atoms with E-state index in [1.165, 1.54) is 12.0 Å². The van der Waals surface area contributed by atoms with Crippen LogP contribution < -0.4 is 14.8 Å². The van der Waals surface area contributed by atoms with Gasteiger partial charge < -0.3 is 14.8 Å². The van der Waals surface area contributed by atoms with Crippen LogP contribution in [0.1, 0.15) is 48.0 Å². The third-order valence-corrected chi connectivity index (χ3v) is 5.31. The van der Waals surface area contributed by atoms with Gasteiger partial charge in [-0.2, -0.15) is 0 Å². The van der Waals surface area contributed by atoms with Crippen LogP contribution in [0.4, 0.5) is 0 Å². The molecule has 4 nitrogen and oxygen atoms in total. The average molecular weight is 377 g/mol. The molecule has 3 rings (SSSR count). The molecule has 1 saturated carbocycles. The van der Waals surface area contributed by atoms with E-state index in [4.69, 9.17) is 15.9 Å². The number of methoxy groups -OCH3 is 1. The molecule has 1 amide bonds. The fraction of sp³-hybridized carbons (Fsp3) is 0.375. The van der Waals surface area contributed by atoms with Crippen LogP contribution in [0.2, 0.25) is 0 Å². The summed E-state index contributed by atoms with van der Waals surface area (Å²) in [5.41, 5.74) is 1.60. The molecule has 4 heteroatoms. The maximum absolute atomic E-state index is 13.1. The van der Waals surface area contributed by atoms with Crippen LogP contribution in [0.3, 0.4) is 0 Å². The van der Waals surface area contributed by atoms with Gasteiger partial charge in [-0.05, 0) is 43.0 Å². The van der Waals surface area contributed by atoms with Gasteiger partial charge in [0.25, 0.3) is 5.91 Å². The van der Waals surface area contributed by atoms with E-state index in [2.05, 4.69) is 23.4 Å². The highest BCUT2D eigenvalue weighted by Gasteiger charge is 2.34. The van der Waals surface area contributed by atoms with E-state index in [-0.39, 0.29) is 18.1 Å². The van der Waals surface area contributed by atoms with Crippen molar-refractivity contribution in [2.24, 2.45) is 0 Å². The van der Waals surface area contributed by atoms with Crippen LogP contribution in [0.25, 0.3) is 0 Å². The normalized spacial score (nSPS) is 15.3. The molecule has 2 aromatic carbocycles. The van der Waals surface area contributed by atoms with Gasteiger partial charge in [-0.3, -0.25) is 4.79 Å². The quantitative estimate of drug-likeness (QED) is 0.729. The highest BCUT2D eigenvalue weighted by molar-refractivity contribution is 5.95. The first-order valence-corrected chi connectivity index (χ1v) is 9.76. The predicted octanol–water partition coefficient (Wildman–Crippen LogP) is 4.38. The first kappa shape index (κ1) is 19.8. The minimum atomic E-state index is -0.206. The molecule has 1 aliphatic carbocycles. The van der Waals surface area contributed by atoms with Gasteiger partial charge in [-0.25, -0.2) is 0 Å². The number of ether oxygens (including phenoxy) is 2. The van der Waals surface area contributed by atoms with E-state index in [0.717, 1.165) is 32.1 Å². The largest absolute Gasteiger partial charge is 0.493 e. The molecular formula is C24H27NO3. The molecule has 0 aliphatic heterocycles. The fourth-order valence-electron chi connectivity index (χ4n) is 3.92. The third-order valence-electron chi connectivity index (χ3n) is 5.31. The smallest absolute Gasteiger partial charge is 0.251 e. The summed E-state index contributed by atoms with van der Waals surface area (Å²) in [6.45, 7) is 0.155. The Morgan fingerprint density at radius 3 is 2.54 bits per heavy atom. The average Bonchev–Trinajstić information content (AvgIpc) is 2.73. The Morgan fingerprint density at radius 1 is 1.11 bits per heavy atom. The van der Waals surface area contributed by atoms with Crippen molar-refractivity contribution in [3.05, 3.63) is 59.7 Å². The van der Waals surface area contributed by atoms with Crippen molar-refractivity contribution in [2.45, 2.75) is 44.1 Å². The van der Waals surface area contributed by atoms with Crippen molar-refractivity contribution < 1.29 is 14.3 Å². The lowest BCUT2D eigenvalue weighted by molar-refractivity contribution is 0.0868. The lowest BCUT2D eigenvalue weighted by Crippen LogP contribution is -2.51. The Bertz CT molecular complexity index is 833. The fourth-order valence-corrected chi connectivity index (χ4v) is 3.92. The molecule has 0 saturated heterocycles. The summed E-state index contributed by atoms with van der Waals surface area (Å²) >= 11 is 0. The molecule has 1 N–H and O–H groups in total. The zero-order valence-electron chi connectivity index (χ0n) is 16.4. The van der Waals surface area contributed by atoms with Crippen molar-refractivity contribution in [3.8, 4) is 23.8 Å². The monoisotopic (exact) mass is 377 g/mol. The van der Waals surface area contributed by atoms with Gasteiger partial charge in [0.1, 0.15) is 6.61 Å². The van der Waals surface area contributed by atoms with E-state index in [1.807, 2.05) is 18.2 Å². The first-order chi connectivity index (χ1) is 13.7. The number of hydrogen-bond donors (Lipinski definition) is 1. The Morgan fingerprint density at radius 2 is 1.86 bits per heavy atom. The number of hydrogen-bond acceptors (Lipinski definition) is 3. The lowest BCUT2D eigenvalue weighted by atomic mass is 9.77. The molecule has 0 bridgehead atoms. The van der Waals surface area contributed by atoms with Gasteiger partial charge >= 0.3 is 0 Å². The zero-order chi connectivity index (χ0) is 19.8. The summed E-state index contributed by atoms with van der Waals surface area (Å²) in [6.07, 6.45) is 11.6. The van der Waals surface area contributed by atoms with E-state index in [1.54, 1.807) is 25.3 Å². The van der Waals surface area contributed by atoms with Crippen LogP contribution in [-0.4, -0.2) is 25.2 Å². The summed E-state index contributed by atoms with van der Waals surface area (Å²) < 4.78 is 10.8. The molecule has 0 atom stereocenters. The Kier molecular flexibility index (Phi) is 6.60. The van der Waals surface area contributed by atoms with Crippen molar-refractivity contribution in [1.29, 1.82) is 0 Å². The molecule has 146 valence electrons. The number of benzene rings is 2. The molecule has 2 aromatic rings. The standard InChI is InChI=1S/C24H27NO3/c1-3-16-28-21-13-12-20(17-22(21)27-2)23(26)25-24(14-8-5-9-15-24)18-19-10-6-4-7-11-19/h1,4,6-7,10-13,17H,5,8-9,14-16,18H2,2H3,(H,25,26). The van der Waals surface area contributed by atoms with Crippen LogP contribution >= 0.6 is 0 Å². The highest BCUT2D eigenvalue weighted by Crippen LogP contribution is 2.33. The number of terminal acetylenes is 1. The Labute approximate surface area is 167 Å². The molecule has 0 radical (unpaired) electrons. The van der Waals surface area contributed by atoms with E-state index >= 15 is 0 Å². The molecule has 0 aromatic heterocycles. The minimum absolute atomic E-state index is 0.0837. The molecule has 0 unspecified atom stereocenters. The lowest BCUT2D eigenvalue weighted by Gasteiger charge is -2.38. The summed E-state index contributed by atoms with van der Waals surface area (Å²) in [4.78, 5) is 13.1. The second-order valence-corrected chi connectivity index (χ2v) is 7.32. The zero-order valence-corrected chi connectivity index (χ0v) is 16.4. The van der Waals surface area contributed by atoms with Gasteiger partial charge in [0.2, 0.25) is 0 Å². The van der Waals surface area contributed by atoms with Gasteiger partial charge in [-0.15, -0.1) is 6.42 Å². The molecule has 1 fully saturated rings. The van der Waals surface area contributed by atoms with E-state index < -0.39 is 0 Å². The van der Waals surface area contributed by atoms with Crippen LogP contribution in [0.5, 0.6) is 11.5 Å². The second kappa shape index (κ2) is 9.32. The number of nitrogens with one attached hydrogen (secondary N) is 1. The van der Waals surface area contributed by atoms with Crippen molar-refractivity contribution in [3.63, 3.8) is 0 Å². The van der Waals surface area contributed by atoms with Crippen LogP contribution in [-0.2, 0) is 6.42 Å². The summed E-state index contributed by atoms with van der Waals surface area (Å²) in [7, 11) is 1.55. The first-order valence-electron chi connectivity index (χ1n) is 9.76. The number of rotatable bonds is 7. The molecule has 0 spiro atoms. The molecule has 28 heavy (non-hydrogen) atoms. The van der Waals surface area contributed by atoms with Gasteiger partial charge in [0.15, 0.2) is 11.5 Å². The molecular weight excluding hydrogens is 350 g/mol.